The fourth-order valence-corrected chi connectivity index (χ4v) is 5.49. The molecule has 208 valence electrons. The number of aliphatic imine (C=N–C) groups is 1. The molecular formula is C28H34F2N6O2S. The first kappa shape index (κ1) is 28.6. The Balaban J connectivity index is 1.28. The highest BCUT2D eigenvalue weighted by molar-refractivity contribution is 7.09. The maximum atomic E-state index is 14.6. The molecule has 1 aromatic heterocycles. The summed E-state index contributed by atoms with van der Waals surface area (Å²) >= 11 is 1.65. The lowest BCUT2D eigenvalue weighted by molar-refractivity contribution is -0.00498. The predicted octanol–water partition coefficient (Wildman–Crippen LogP) is 4.34. The molecule has 0 spiro atoms. The van der Waals surface area contributed by atoms with Crippen molar-refractivity contribution in [2.24, 2.45) is 4.99 Å². The Kier molecular flexibility index (Phi) is 9.96. The topological polar surface area (TPSA) is 106 Å². The van der Waals surface area contributed by atoms with Crippen LogP contribution in [0.3, 0.4) is 0 Å². The number of nitrogens with zero attached hydrogens (tertiary/aromatic N) is 3. The number of hydrogen-bond acceptors (Lipinski definition) is 7. The smallest absolute Gasteiger partial charge is 0.132 e. The van der Waals surface area contributed by atoms with E-state index < -0.39 is 17.2 Å². The van der Waals surface area contributed by atoms with Crippen molar-refractivity contribution in [3.05, 3.63) is 75.7 Å². The van der Waals surface area contributed by atoms with E-state index in [9.17, 15) is 13.9 Å². The third-order valence-corrected chi connectivity index (χ3v) is 7.80. The lowest BCUT2D eigenvalue weighted by Gasteiger charge is -2.39. The Hall–Kier alpha value is -3.41. The number of anilines is 1. The van der Waals surface area contributed by atoms with E-state index in [1.807, 2.05) is 36.7 Å². The summed E-state index contributed by atoms with van der Waals surface area (Å²) in [6.07, 6.45) is 4.65. The van der Waals surface area contributed by atoms with E-state index in [0.717, 1.165) is 54.9 Å². The van der Waals surface area contributed by atoms with E-state index in [2.05, 4.69) is 25.5 Å². The van der Waals surface area contributed by atoms with Gasteiger partial charge in [0.1, 0.15) is 29.3 Å². The lowest BCUT2D eigenvalue weighted by atomic mass is 9.91. The first-order valence-corrected chi connectivity index (χ1v) is 13.8. The van der Waals surface area contributed by atoms with Crippen LogP contribution in [0.2, 0.25) is 0 Å². The van der Waals surface area contributed by atoms with Crippen LogP contribution in [0.4, 0.5) is 14.5 Å². The molecule has 1 aliphatic heterocycles. The average Bonchev–Trinajstić information content (AvgIpc) is 3.33. The molecular weight excluding hydrogens is 522 g/mol. The quantitative estimate of drug-likeness (QED) is 0.184. The van der Waals surface area contributed by atoms with E-state index in [1.54, 1.807) is 11.3 Å². The van der Waals surface area contributed by atoms with Gasteiger partial charge in [0, 0.05) is 54.3 Å². The van der Waals surface area contributed by atoms with Gasteiger partial charge in [-0.25, -0.2) is 18.8 Å². The monoisotopic (exact) mass is 556 g/mol. The molecule has 2 heterocycles. The Bertz CT molecular complexity index is 1250. The molecule has 39 heavy (non-hydrogen) atoms. The van der Waals surface area contributed by atoms with Crippen LogP contribution in [-0.4, -0.2) is 66.5 Å². The number of hydrogen-bond donors (Lipinski definition) is 4. The summed E-state index contributed by atoms with van der Waals surface area (Å²) in [5.41, 5.74) is 2.34. The van der Waals surface area contributed by atoms with Gasteiger partial charge in [0.15, 0.2) is 0 Å². The third-order valence-electron chi connectivity index (χ3n) is 6.81. The van der Waals surface area contributed by atoms with Crippen LogP contribution in [0.1, 0.15) is 29.0 Å². The average molecular weight is 557 g/mol. The van der Waals surface area contributed by atoms with Gasteiger partial charge < -0.3 is 20.5 Å². The Morgan fingerprint density at radius 3 is 2.67 bits per heavy atom. The lowest BCUT2D eigenvalue weighted by Crippen LogP contribution is -2.50. The highest BCUT2D eigenvalue weighted by Gasteiger charge is 2.35. The number of aliphatic hydroxyl groups is 1. The van der Waals surface area contributed by atoms with E-state index in [-0.39, 0.29) is 24.7 Å². The molecule has 1 unspecified atom stereocenters. The Morgan fingerprint density at radius 1 is 1.23 bits per heavy atom. The first-order valence-electron chi connectivity index (χ1n) is 12.9. The van der Waals surface area contributed by atoms with Crippen molar-refractivity contribution < 1.29 is 18.6 Å². The van der Waals surface area contributed by atoms with Gasteiger partial charge in [-0.05, 0) is 50.1 Å². The zero-order chi connectivity index (χ0) is 27.7. The number of rotatable bonds is 13. The summed E-state index contributed by atoms with van der Waals surface area (Å²) in [5.74, 6) is -0.676. The number of benzene rings is 2. The summed E-state index contributed by atoms with van der Waals surface area (Å²) < 4.78 is 34.0. The molecule has 4 rings (SSSR count). The molecule has 1 aliphatic rings. The second-order valence-electron chi connectivity index (χ2n) is 9.62. The summed E-state index contributed by atoms with van der Waals surface area (Å²) in [6, 6.07) is 11.4. The molecule has 0 aliphatic carbocycles. The van der Waals surface area contributed by atoms with Crippen molar-refractivity contribution in [2.75, 3.05) is 38.1 Å². The minimum absolute atomic E-state index is 0.0180. The molecule has 1 fully saturated rings. The maximum absolute atomic E-state index is 14.6. The van der Waals surface area contributed by atoms with Crippen molar-refractivity contribution in [2.45, 2.75) is 37.8 Å². The largest absolute Gasteiger partial charge is 0.493 e. The van der Waals surface area contributed by atoms with Crippen molar-refractivity contribution in [1.29, 1.82) is 5.41 Å². The van der Waals surface area contributed by atoms with Gasteiger partial charge >= 0.3 is 0 Å². The van der Waals surface area contributed by atoms with E-state index >= 15 is 0 Å². The highest BCUT2D eigenvalue weighted by atomic mass is 32.1. The molecule has 0 amide bonds. The van der Waals surface area contributed by atoms with E-state index in [1.165, 1.54) is 17.3 Å². The van der Waals surface area contributed by atoms with Gasteiger partial charge in [-0.3, -0.25) is 10.3 Å². The second kappa shape index (κ2) is 13.6. The molecule has 0 saturated carbocycles. The van der Waals surface area contributed by atoms with Gasteiger partial charge in [0.2, 0.25) is 0 Å². The van der Waals surface area contributed by atoms with Crippen molar-refractivity contribution in [3.63, 3.8) is 0 Å². The van der Waals surface area contributed by atoms with Crippen molar-refractivity contribution >= 4 is 29.7 Å². The summed E-state index contributed by atoms with van der Waals surface area (Å²) in [5, 5.41) is 24.8. The summed E-state index contributed by atoms with van der Waals surface area (Å²) in [6.45, 7) is 4.15. The van der Waals surface area contributed by atoms with Gasteiger partial charge in [-0.15, -0.1) is 11.3 Å². The first-order chi connectivity index (χ1) is 18.9. The maximum Gasteiger partial charge on any atom is 0.132 e. The number of ether oxygens (including phenoxy) is 1. The molecule has 1 saturated heterocycles. The van der Waals surface area contributed by atoms with Gasteiger partial charge in [0.05, 0.1) is 30.7 Å². The summed E-state index contributed by atoms with van der Waals surface area (Å²) in [7, 11) is 0. The molecule has 0 bridgehead atoms. The molecule has 4 N–H and O–H groups in total. The Labute approximate surface area is 231 Å². The fraction of sp³-hybridized carbons (Fsp3) is 0.393. The van der Waals surface area contributed by atoms with Crippen LogP contribution in [0.15, 0.2) is 53.0 Å². The van der Waals surface area contributed by atoms with Gasteiger partial charge in [-0.1, -0.05) is 6.07 Å². The van der Waals surface area contributed by atoms with Crippen LogP contribution in [-0.2, 0) is 12.0 Å². The molecule has 1 atom stereocenters. The summed E-state index contributed by atoms with van der Waals surface area (Å²) in [4.78, 5) is 11.2. The zero-order valence-electron chi connectivity index (χ0n) is 21.9. The van der Waals surface area contributed by atoms with Crippen LogP contribution in [0, 0.1) is 24.0 Å². The Morgan fingerprint density at radius 2 is 2.00 bits per heavy atom. The van der Waals surface area contributed by atoms with Crippen LogP contribution < -0.4 is 15.4 Å². The van der Waals surface area contributed by atoms with E-state index in [4.69, 9.17) is 10.1 Å². The number of nitrogens with one attached hydrogen (secondary N) is 3. The number of likely N-dealkylation sites (tertiary alicyclic amines) is 1. The van der Waals surface area contributed by atoms with Crippen LogP contribution in [0.5, 0.6) is 5.75 Å². The second-order valence-corrected chi connectivity index (χ2v) is 10.6. The molecule has 0 radical (unpaired) electrons. The highest BCUT2D eigenvalue weighted by Crippen LogP contribution is 2.28. The number of aryl methyl sites for hydroxylation is 1. The van der Waals surface area contributed by atoms with Crippen molar-refractivity contribution in [1.82, 2.24) is 15.2 Å². The fourth-order valence-electron chi connectivity index (χ4n) is 4.72. The zero-order valence-corrected chi connectivity index (χ0v) is 22.7. The number of piperidine rings is 1. The number of aromatic nitrogens is 1. The number of β-amino-alcohol motifs (C(OH)–C–C–N with tert-alkyl or cyclic N) is 1. The minimum Gasteiger partial charge on any atom is -0.493 e. The standard InChI is InChI=1S/C28H34F2N6O2S/c1-20-27(39-19-34-20)10-13-38-24-5-3-22(4-6-24)35-23-8-11-36(12-9-23)16-28(37,15-32-18-33-17-31)25-7-2-21(29)14-26(25)30/h2-7,14,17-19,23,35,37H,8-13,15-16H2,1H3,(H2,31,32,33). The van der Waals surface area contributed by atoms with Crippen molar-refractivity contribution in [3.8, 4) is 5.75 Å². The number of halogens is 2. The van der Waals surface area contributed by atoms with Gasteiger partial charge in [-0.2, -0.15) is 0 Å². The molecule has 11 heteroatoms. The SMILES string of the molecule is Cc1ncsc1CCOc1ccc(NC2CCN(CC(O)(CN/C=N\C=N)c3ccc(F)cc3F)CC2)cc1. The normalized spacial score (nSPS) is 16.2. The van der Waals surface area contributed by atoms with Crippen LogP contribution in [0.25, 0.3) is 0 Å². The molecule has 3 aromatic rings. The minimum atomic E-state index is -1.61. The molecule has 2 aromatic carbocycles. The van der Waals surface area contributed by atoms with Gasteiger partial charge in [0.25, 0.3) is 0 Å². The predicted molar refractivity (Wildman–Crippen MR) is 151 cm³/mol. The number of thiazole rings is 1. The van der Waals surface area contributed by atoms with Crippen LogP contribution >= 0.6 is 11.3 Å². The van der Waals surface area contributed by atoms with E-state index in [0.29, 0.717) is 19.7 Å². The molecule has 8 nitrogen and oxygen atoms in total. The third kappa shape index (κ3) is 8.04.